The third kappa shape index (κ3) is 2.95. The van der Waals surface area contributed by atoms with E-state index in [4.69, 9.17) is 0 Å². The minimum Gasteiger partial charge on any atom is -0.354 e. The number of fused-ring (bicyclic) bond motifs is 1. The Bertz CT molecular complexity index is 736. The number of nitrogens with zero attached hydrogens (tertiary/aromatic N) is 2. The quantitative estimate of drug-likeness (QED) is 0.923. The van der Waals surface area contributed by atoms with E-state index in [1.165, 1.54) is 25.4 Å². The summed E-state index contributed by atoms with van der Waals surface area (Å²) in [5, 5.41) is 2.55. The van der Waals surface area contributed by atoms with Gasteiger partial charge in [0.25, 0.3) is 5.91 Å². The molecule has 1 atom stereocenters. The number of rotatable bonds is 2. The van der Waals surface area contributed by atoms with Gasteiger partial charge in [-0.3, -0.25) is 4.79 Å². The Kier molecular flexibility index (Phi) is 3.87. The summed E-state index contributed by atoms with van der Waals surface area (Å²) in [5.41, 5.74) is 0.444. The number of imidazole rings is 1. The van der Waals surface area contributed by atoms with Crippen molar-refractivity contribution in [3.8, 4) is 0 Å². The maximum Gasteiger partial charge on any atom is 0.416 e. The van der Waals surface area contributed by atoms with Crippen molar-refractivity contribution in [3.63, 3.8) is 0 Å². The van der Waals surface area contributed by atoms with Gasteiger partial charge in [0.2, 0.25) is 0 Å². The Morgan fingerprint density at radius 3 is 2.87 bits per heavy atom. The van der Waals surface area contributed by atoms with Crippen molar-refractivity contribution < 1.29 is 18.0 Å². The topological polar surface area (TPSA) is 46.9 Å². The fourth-order valence-corrected chi connectivity index (χ4v) is 2.98. The number of benzene rings is 1. The van der Waals surface area contributed by atoms with E-state index in [1.54, 1.807) is 10.6 Å². The van der Waals surface area contributed by atoms with Gasteiger partial charge in [0.05, 0.1) is 11.8 Å². The first-order chi connectivity index (χ1) is 10.9. The molecule has 1 aromatic heterocycles. The Morgan fingerprint density at radius 2 is 2.17 bits per heavy atom. The summed E-state index contributed by atoms with van der Waals surface area (Å²) in [6.07, 6.45) is -1.48. The highest BCUT2D eigenvalue weighted by Gasteiger charge is 2.32. The van der Waals surface area contributed by atoms with Crippen LogP contribution >= 0.6 is 0 Å². The number of hydrogen-bond donors (Lipinski definition) is 1. The minimum absolute atomic E-state index is 0.0672. The molecule has 4 nitrogen and oxygen atoms in total. The smallest absolute Gasteiger partial charge is 0.354 e. The molecule has 2 heterocycles. The van der Waals surface area contributed by atoms with Gasteiger partial charge in [0, 0.05) is 25.9 Å². The maximum absolute atomic E-state index is 12.9. The summed E-state index contributed by atoms with van der Waals surface area (Å²) >= 11 is 0. The number of aryl methyl sites for hydroxylation is 1. The zero-order chi connectivity index (χ0) is 16.6. The van der Waals surface area contributed by atoms with Gasteiger partial charge < -0.3 is 9.88 Å². The van der Waals surface area contributed by atoms with Crippen LogP contribution < -0.4 is 5.32 Å². The van der Waals surface area contributed by atoms with E-state index in [-0.39, 0.29) is 11.8 Å². The minimum atomic E-state index is -4.35. The lowest BCUT2D eigenvalue weighted by Gasteiger charge is -2.26. The van der Waals surface area contributed by atoms with E-state index in [0.29, 0.717) is 30.6 Å². The highest BCUT2D eigenvalue weighted by molar-refractivity contribution is 5.92. The molecule has 122 valence electrons. The maximum atomic E-state index is 12.9. The number of alkyl halides is 3. The first kappa shape index (κ1) is 15.6. The van der Waals surface area contributed by atoms with E-state index in [1.807, 2.05) is 0 Å². The molecule has 1 amide bonds. The van der Waals surface area contributed by atoms with Crippen molar-refractivity contribution in [1.82, 2.24) is 14.9 Å². The largest absolute Gasteiger partial charge is 0.416 e. The van der Waals surface area contributed by atoms with E-state index < -0.39 is 11.7 Å². The highest BCUT2D eigenvalue weighted by atomic mass is 19.4. The Balaban J connectivity index is 1.90. The zero-order valence-electron chi connectivity index (χ0n) is 12.5. The fraction of sp³-hybridized carbons (Fsp3) is 0.375. The lowest BCUT2D eigenvalue weighted by molar-refractivity contribution is -0.137. The fourth-order valence-electron chi connectivity index (χ4n) is 2.98. The second-order valence-electron chi connectivity index (χ2n) is 5.61. The van der Waals surface area contributed by atoms with Crippen LogP contribution in [0.3, 0.4) is 0 Å². The number of carbonyl (C=O) groups is 1. The van der Waals surface area contributed by atoms with Crippen LogP contribution in [-0.2, 0) is 19.1 Å². The first-order valence-electron chi connectivity index (χ1n) is 7.34. The van der Waals surface area contributed by atoms with Gasteiger partial charge in [-0.05, 0) is 18.1 Å². The van der Waals surface area contributed by atoms with Crippen LogP contribution in [-0.4, -0.2) is 22.5 Å². The third-order valence-electron chi connectivity index (χ3n) is 4.20. The molecule has 2 aromatic rings. The second kappa shape index (κ2) is 5.72. The number of carbonyl (C=O) groups excluding carboxylic acids is 1. The summed E-state index contributed by atoms with van der Waals surface area (Å²) < 4.78 is 40.4. The van der Waals surface area contributed by atoms with Crippen molar-refractivity contribution in [2.45, 2.75) is 31.5 Å². The molecular weight excluding hydrogens is 307 g/mol. The molecule has 0 fully saturated rings. The molecule has 1 unspecified atom stereocenters. The summed E-state index contributed by atoms with van der Waals surface area (Å²) in [5.74, 6) is 0.489. The number of amides is 1. The molecule has 0 aliphatic carbocycles. The van der Waals surface area contributed by atoms with Gasteiger partial charge in [-0.2, -0.15) is 13.2 Å². The van der Waals surface area contributed by atoms with Crippen molar-refractivity contribution >= 4 is 5.91 Å². The summed E-state index contributed by atoms with van der Waals surface area (Å²) in [7, 11) is 1.54. The molecule has 7 heteroatoms. The number of nitrogens with one attached hydrogen (secondary N) is 1. The second-order valence-corrected chi connectivity index (χ2v) is 5.61. The predicted octanol–water partition coefficient (Wildman–Crippen LogP) is 2.99. The first-order valence-corrected chi connectivity index (χ1v) is 7.34. The number of aromatic nitrogens is 2. The molecule has 1 aromatic carbocycles. The lowest BCUT2D eigenvalue weighted by Crippen LogP contribution is -2.26. The van der Waals surface area contributed by atoms with Crippen LogP contribution in [0.25, 0.3) is 0 Å². The Labute approximate surface area is 131 Å². The normalized spacial score (nSPS) is 17.7. The molecule has 3 rings (SSSR count). The van der Waals surface area contributed by atoms with Crippen LogP contribution in [0.5, 0.6) is 0 Å². The van der Waals surface area contributed by atoms with Gasteiger partial charge >= 0.3 is 6.18 Å². The van der Waals surface area contributed by atoms with Crippen LogP contribution in [0, 0.1) is 0 Å². The van der Waals surface area contributed by atoms with Gasteiger partial charge in [0.15, 0.2) is 0 Å². The van der Waals surface area contributed by atoms with Crippen LogP contribution in [0.4, 0.5) is 13.2 Å². The van der Waals surface area contributed by atoms with Gasteiger partial charge in [0.1, 0.15) is 11.5 Å². The molecule has 1 aliphatic rings. The molecule has 0 bridgehead atoms. The van der Waals surface area contributed by atoms with Crippen molar-refractivity contribution in [1.29, 1.82) is 0 Å². The summed E-state index contributed by atoms with van der Waals surface area (Å²) in [6.45, 7) is 0.458. The molecule has 23 heavy (non-hydrogen) atoms. The molecule has 0 radical (unpaired) electrons. The summed E-state index contributed by atoms with van der Waals surface area (Å²) in [6, 6.07) is 5.42. The van der Waals surface area contributed by atoms with Crippen LogP contribution in [0.1, 0.15) is 39.8 Å². The monoisotopic (exact) mass is 323 g/mol. The van der Waals surface area contributed by atoms with E-state index in [9.17, 15) is 18.0 Å². The average Bonchev–Trinajstić information content (AvgIpc) is 2.96. The zero-order valence-corrected chi connectivity index (χ0v) is 12.5. The predicted molar refractivity (Wildman–Crippen MR) is 78.1 cm³/mol. The third-order valence-corrected chi connectivity index (χ3v) is 4.20. The lowest BCUT2D eigenvalue weighted by atomic mass is 9.90. The van der Waals surface area contributed by atoms with Crippen molar-refractivity contribution in [2.24, 2.45) is 0 Å². The van der Waals surface area contributed by atoms with Crippen LogP contribution in [0.2, 0.25) is 0 Å². The number of halogens is 3. The van der Waals surface area contributed by atoms with Crippen molar-refractivity contribution in [2.75, 3.05) is 7.05 Å². The van der Waals surface area contributed by atoms with E-state index in [2.05, 4.69) is 10.3 Å². The van der Waals surface area contributed by atoms with E-state index >= 15 is 0 Å². The molecule has 0 spiro atoms. The Hall–Kier alpha value is -2.31. The molecular formula is C16H16F3N3O. The molecule has 0 saturated heterocycles. The Morgan fingerprint density at radius 1 is 1.39 bits per heavy atom. The SMILES string of the molecule is CNC(=O)c1cnc2n1CC(c1cccc(C(F)(F)F)c1)CC2. The molecule has 0 saturated carbocycles. The van der Waals surface area contributed by atoms with Gasteiger partial charge in [-0.25, -0.2) is 4.98 Å². The van der Waals surface area contributed by atoms with E-state index in [0.717, 1.165) is 11.9 Å². The summed E-state index contributed by atoms with van der Waals surface area (Å²) in [4.78, 5) is 16.1. The molecule has 1 aliphatic heterocycles. The average molecular weight is 323 g/mol. The highest BCUT2D eigenvalue weighted by Crippen LogP contribution is 2.34. The molecule has 1 N–H and O–H groups in total. The van der Waals surface area contributed by atoms with Gasteiger partial charge in [-0.15, -0.1) is 0 Å². The van der Waals surface area contributed by atoms with Crippen LogP contribution in [0.15, 0.2) is 30.5 Å². The van der Waals surface area contributed by atoms with Crippen molar-refractivity contribution in [3.05, 3.63) is 53.1 Å². The van der Waals surface area contributed by atoms with Gasteiger partial charge in [-0.1, -0.05) is 18.2 Å². The number of hydrogen-bond acceptors (Lipinski definition) is 2. The standard InChI is InChI=1S/C16H16F3N3O/c1-20-15(23)13-8-21-14-6-5-11(9-22(13)14)10-3-2-4-12(7-10)16(17,18)19/h2-4,7-8,11H,5-6,9H2,1H3,(H,20,23).